The minimum absolute atomic E-state index is 0.0184. The largest absolute Gasteiger partial charge is 0.412 e. The lowest BCUT2D eigenvalue weighted by Crippen LogP contribution is -2.34. The predicted molar refractivity (Wildman–Crippen MR) is 112 cm³/mol. The highest BCUT2D eigenvalue weighted by atomic mass is 16.6. The maximum atomic E-state index is 12.2. The van der Waals surface area contributed by atoms with Crippen LogP contribution in [0.2, 0.25) is 0 Å². The molecule has 0 atom stereocenters. The second-order valence-corrected chi connectivity index (χ2v) is 8.61. The van der Waals surface area contributed by atoms with Crippen molar-refractivity contribution in [2.75, 3.05) is 31.2 Å². The molecule has 2 aromatic rings. The van der Waals surface area contributed by atoms with Crippen LogP contribution in [0.5, 0.6) is 5.75 Å². The van der Waals surface area contributed by atoms with Gasteiger partial charge in [0.25, 0.3) is 0 Å². The second kappa shape index (κ2) is 8.41. The first-order chi connectivity index (χ1) is 14.0. The summed E-state index contributed by atoms with van der Waals surface area (Å²) in [7, 11) is 0. The van der Waals surface area contributed by atoms with Gasteiger partial charge in [0.1, 0.15) is 5.75 Å². The Balaban J connectivity index is 1.41. The number of anilines is 1. The van der Waals surface area contributed by atoms with Crippen molar-refractivity contribution in [3.05, 3.63) is 53.9 Å². The number of hydrogen-bond donors (Lipinski definition) is 1. The molecule has 3 heterocycles. The molecule has 0 bridgehead atoms. The van der Waals surface area contributed by atoms with Gasteiger partial charge < -0.3 is 19.7 Å². The summed E-state index contributed by atoms with van der Waals surface area (Å²) in [5, 5.41) is 2.90. The van der Waals surface area contributed by atoms with Crippen molar-refractivity contribution in [3.63, 3.8) is 0 Å². The van der Waals surface area contributed by atoms with Gasteiger partial charge in [-0.25, -0.2) is 4.79 Å². The topological polar surface area (TPSA) is 63.7 Å². The highest BCUT2D eigenvalue weighted by molar-refractivity contribution is 5.72. The Kier molecular flexibility index (Phi) is 5.72. The maximum Gasteiger partial charge on any atom is 0.412 e. The molecule has 1 aromatic heterocycles. The van der Waals surface area contributed by atoms with Crippen LogP contribution in [0.15, 0.2) is 42.7 Å². The van der Waals surface area contributed by atoms with Crippen LogP contribution in [0.4, 0.5) is 10.5 Å². The first-order valence-corrected chi connectivity index (χ1v) is 10.3. The van der Waals surface area contributed by atoms with Crippen molar-refractivity contribution >= 4 is 11.8 Å². The van der Waals surface area contributed by atoms with Gasteiger partial charge >= 0.3 is 6.09 Å². The van der Waals surface area contributed by atoms with Crippen molar-refractivity contribution in [3.8, 4) is 5.75 Å². The van der Waals surface area contributed by atoms with E-state index in [0.29, 0.717) is 18.2 Å². The van der Waals surface area contributed by atoms with Crippen LogP contribution < -0.4 is 15.0 Å². The molecule has 2 aliphatic heterocycles. The van der Waals surface area contributed by atoms with Crippen LogP contribution in [0, 0.1) is 5.92 Å². The Hall–Kier alpha value is -2.60. The van der Waals surface area contributed by atoms with E-state index in [-0.39, 0.29) is 11.5 Å². The van der Waals surface area contributed by atoms with Gasteiger partial charge in [0.15, 0.2) is 0 Å². The average molecular weight is 396 g/mol. The van der Waals surface area contributed by atoms with Gasteiger partial charge in [-0.15, -0.1) is 0 Å². The fourth-order valence-electron chi connectivity index (χ4n) is 4.22. The van der Waals surface area contributed by atoms with Crippen molar-refractivity contribution < 1.29 is 14.3 Å². The summed E-state index contributed by atoms with van der Waals surface area (Å²) in [6.07, 6.45) is 5.28. The third-order valence-corrected chi connectivity index (χ3v) is 5.81. The number of nitrogens with zero attached hydrogens (tertiary/aromatic N) is 2. The van der Waals surface area contributed by atoms with Gasteiger partial charge in [-0.05, 0) is 54.2 Å². The number of hydrogen-bond acceptors (Lipinski definition) is 5. The van der Waals surface area contributed by atoms with Crippen LogP contribution >= 0.6 is 0 Å². The fraction of sp³-hybridized carbons (Fsp3) is 0.478. The average Bonchev–Trinajstić information content (AvgIpc) is 2.97. The van der Waals surface area contributed by atoms with E-state index in [0.717, 1.165) is 39.1 Å². The van der Waals surface area contributed by atoms with Crippen LogP contribution in [0.3, 0.4) is 0 Å². The molecule has 6 heteroatoms. The van der Waals surface area contributed by atoms with Gasteiger partial charge in [0.05, 0.1) is 0 Å². The number of rotatable bonds is 5. The Labute approximate surface area is 172 Å². The molecule has 154 valence electrons. The van der Waals surface area contributed by atoms with Crippen LogP contribution in [-0.2, 0) is 16.7 Å². The second-order valence-electron chi connectivity index (χ2n) is 8.61. The molecule has 0 unspecified atom stereocenters. The molecule has 1 N–H and O–H groups in total. The normalized spacial score (nSPS) is 18.3. The molecule has 0 saturated carbocycles. The Morgan fingerprint density at radius 1 is 1.31 bits per heavy atom. The standard InChI is InChI=1S/C23H29N3O3/c1-23(2)16-26(15-18-4-3-9-24-13-18)21-6-5-19(12-20(21)23)29-22(27)25-14-17-7-10-28-11-8-17/h3-6,9,12-13,17H,7-8,10-11,14-16H2,1-2H3,(H,25,27). The summed E-state index contributed by atoms with van der Waals surface area (Å²) in [5.41, 5.74) is 3.56. The number of ether oxygens (including phenoxy) is 2. The minimum atomic E-state index is -0.389. The number of carbonyl (C=O) groups excluding carboxylic acids is 1. The van der Waals surface area contributed by atoms with E-state index in [2.05, 4.69) is 41.2 Å². The maximum absolute atomic E-state index is 12.2. The molecule has 4 rings (SSSR count). The number of pyridine rings is 1. The van der Waals surface area contributed by atoms with Crippen LogP contribution in [0.25, 0.3) is 0 Å². The lowest BCUT2D eigenvalue weighted by molar-refractivity contribution is 0.0663. The number of aromatic nitrogens is 1. The molecule has 29 heavy (non-hydrogen) atoms. The molecule has 0 spiro atoms. The summed E-state index contributed by atoms with van der Waals surface area (Å²) in [5.74, 6) is 1.06. The number of amides is 1. The molecular formula is C23H29N3O3. The third-order valence-electron chi connectivity index (χ3n) is 5.81. The molecule has 2 aliphatic rings. The zero-order valence-electron chi connectivity index (χ0n) is 17.2. The lowest BCUT2D eigenvalue weighted by atomic mass is 9.87. The summed E-state index contributed by atoms with van der Waals surface area (Å²) in [4.78, 5) is 18.8. The molecule has 1 amide bonds. The van der Waals surface area contributed by atoms with Crippen molar-refractivity contribution in [1.82, 2.24) is 10.3 Å². The zero-order chi connectivity index (χ0) is 20.3. The number of fused-ring (bicyclic) bond motifs is 1. The summed E-state index contributed by atoms with van der Waals surface area (Å²) in [6, 6.07) is 10.0. The van der Waals surface area contributed by atoms with Gasteiger partial charge in [-0.1, -0.05) is 19.9 Å². The van der Waals surface area contributed by atoms with Crippen LogP contribution in [0.1, 0.15) is 37.8 Å². The molecule has 0 radical (unpaired) electrons. The van der Waals surface area contributed by atoms with E-state index in [1.807, 2.05) is 24.4 Å². The van der Waals surface area contributed by atoms with Gasteiger partial charge in [-0.2, -0.15) is 0 Å². The molecule has 6 nitrogen and oxygen atoms in total. The lowest BCUT2D eigenvalue weighted by Gasteiger charge is -2.22. The quantitative estimate of drug-likeness (QED) is 0.832. The van der Waals surface area contributed by atoms with E-state index in [9.17, 15) is 4.79 Å². The monoisotopic (exact) mass is 395 g/mol. The van der Waals surface area contributed by atoms with E-state index in [4.69, 9.17) is 9.47 Å². The van der Waals surface area contributed by atoms with E-state index < -0.39 is 0 Å². The first-order valence-electron chi connectivity index (χ1n) is 10.3. The number of benzene rings is 1. The van der Waals surface area contributed by atoms with E-state index in [1.54, 1.807) is 6.20 Å². The summed E-state index contributed by atoms with van der Waals surface area (Å²) < 4.78 is 10.9. The highest BCUT2D eigenvalue weighted by Crippen LogP contribution is 2.42. The fourth-order valence-corrected chi connectivity index (χ4v) is 4.22. The van der Waals surface area contributed by atoms with Crippen LogP contribution in [-0.4, -0.2) is 37.4 Å². The number of carbonyl (C=O) groups is 1. The summed E-state index contributed by atoms with van der Waals surface area (Å²) in [6.45, 7) is 8.37. The summed E-state index contributed by atoms with van der Waals surface area (Å²) >= 11 is 0. The van der Waals surface area contributed by atoms with Gasteiger partial charge in [-0.3, -0.25) is 4.98 Å². The minimum Gasteiger partial charge on any atom is -0.410 e. The smallest absolute Gasteiger partial charge is 0.410 e. The third kappa shape index (κ3) is 4.70. The van der Waals surface area contributed by atoms with E-state index in [1.165, 1.54) is 16.8 Å². The molecule has 1 fully saturated rings. The SMILES string of the molecule is CC1(C)CN(Cc2cccnc2)c2ccc(OC(=O)NCC3CCOCC3)cc21. The van der Waals surface area contributed by atoms with Crippen molar-refractivity contribution in [2.24, 2.45) is 5.92 Å². The predicted octanol–water partition coefficient (Wildman–Crippen LogP) is 3.89. The first kappa shape index (κ1) is 19.7. The molecule has 1 aromatic carbocycles. The van der Waals surface area contributed by atoms with Gasteiger partial charge in [0, 0.05) is 56.3 Å². The molecule has 0 aliphatic carbocycles. The highest BCUT2D eigenvalue weighted by Gasteiger charge is 2.35. The van der Waals surface area contributed by atoms with E-state index >= 15 is 0 Å². The number of nitrogens with one attached hydrogen (secondary N) is 1. The Morgan fingerprint density at radius 3 is 2.90 bits per heavy atom. The van der Waals surface area contributed by atoms with Gasteiger partial charge in [0.2, 0.25) is 0 Å². The molecular weight excluding hydrogens is 366 g/mol. The van der Waals surface area contributed by atoms with Crippen molar-refractivity contribution in [2.45, 2.75) is 38.6 Å². The Bertz CT molecular complexity index is 848. The van der Waals surface area contributed by atoms with Crippen molar-refractivity contribution in [1.29, 1.82) is 0 Å². The molecule has 1 saturated heterocycles. The Morgan fingerprint density at radius 2 is 2.14 bits per heavy atom. The zero-order valence-corrected chi connectivity index (χ0v) is 17.2.